The molecule has 0 saturated carbocycles. The molecule has 1 amide bonds. The lowest BCUT2D eigenvalue weighted by atomic mass is 9.98. The number of benzene rings is 1. The molecule has 1 saturated heterocycles. The zero-order chi connectivity index (χ0) is 19.7. The average Bonchev–Trinajstić information content (AvgIpc) is 3.15. The first-order chi connectivity index (χ1) is 13.4. The Morgan fingerprint density at radius 3 is 2.79 bits per heavy atom. The first-order valence-electron chi connectivity index (χ1n) is 9.12. The van der Waals surface area contributed by atoms with Gasteiger partial charge in [0.05, 0.1) is 12.2 Å². The molecule has 3 heterocycles. The van der Waals surface area contributed by atoms with Crippen molar-refractivity contribution in [2.45, 2.75) is 17.9 Å². The van der Waals surface area contributed by atoms with E-state index in [9.17, 15) is 13.2 Å². The van der Waals surface area contributed by atoms with Crippen LogP contribution in [-0.2, 0) is 21.9 Å². The Hall–Kier alpha value is -2.59. The van der Waals surface area contributed by atoms with Crippen molar-refractivity contribution in [3.8, 4) is 11.5 Å². The van der Waals surface area contributed by atoms with Crippen molar-refractivity contribution in [1.82, 2.24) is 13.9 Å². The summed E-state index contributed by atoms with van der Waals surface area (Å²) >= 11 is 0. The largest absolute Gasteiger partial charge is 0.486 e. The van der Waals surface area contributed by atoms with E-state index in [0.717, 1.165) is 0 Å². The van der Waals surface area contributed by atoms with Crippen LogP contribution in [0.15, 0.2) is 35.7 Å². The Labute approximate surface area is 163 Å². The van der Waals surface area contributed by atoms with Crippen LogP contribution in [0.1, 0.15) is 12.8 Å². The summed E-state index contributed by atoms with van der Waals surface area (Å²) < 4.78 is 39.5. The second kappa shape index (κ2) is 7.44. The number of amides is 1. The molecular formula is C18H22N4O5S. The Morgan fingerprint density at radius 2 is 2.04 bits per heavy atom. The Morgan fingerprint density at radius 1 is 1.25 bits per heavy atom. The molecule has 1 aromatic carbocycles. The van der Waals surface area contributed by atoms with Crippen LogP contribution in [0, 0.1) is 5.92 Å². The fourth-order valence-corrected chi connectivity index (χ4v) is 4.88. The quantitative estimate of drug-likeness (QED) is 0.819. The first kappa shape index (κ1) is 18.8. The minimum absolute atomic E-state index is 0.00268. The van der Waals surface area contributed by atoms with Crippen LogP contribution >= 0.6 is 0 Å². The van der Waals surface area contributed by atoms with E-state index >= 15 is 0 Å². The van der Waals surface area contributed by atoms with E-state index in [1.54, 1.807) is 29.8 Å². The van der Waals surface area contributed by atoms with Gasteiger partial charge in [-0.15, -0.1) is 0 Å². The number of carbonyl (C=O) groups excluding carboxylic acids is 1. The molecule has 28 heavy (non-hydrogen) atoms. The van der Waals surface area contributed by atoms with Gasteiger partial charge >= 0.3 is 0 Å². The van der Waals surface area contributed by atoms with E-state index in [0.29, 0.717) is 49.8 Å². The molecule has 4 rings (SSSR count). The number of aromatic nitrogens is 2. The summed E-state index contributed by atoms with van der Waals surface area (Å²) in [4.78, 5) is 16.7. The van der Waals surface area contributed by atoms with Crippen molar-refractivity contribution in [2.24, 2.45) is 13.0 Å². The van der Waals surface area contributed by atoms with Gasteiger partial charge in [-0.2, -0.15) is 4.31 Å². The normalized spacial score (nSPS) is 20.0. The van der Waals surface area contributed by atoms with Gasteiger partial charge in [0.25, 0.3) is 10.0 Å². The van der Waals surface area contributed by atoms with Gasteiger partial charge in [0.2, 0.25) is 5.91 Å². The van der Waals surface area contributed by atoms with Gasteiger partial charge in [-0.25, -0.2) is 13.4 Å². The fraction of sp³-hybridized carbons (Fsp3) is 0.444. The molecule has 1 fully saturated rings. The summed E-state index contributed by atoms with van der Waals surface area (Å²) in [6.45, 7) is 1.48. The van der Waals surface area contributed by atoms with Crippen LogP contribution < -0.4 is 14.8 Å². The minimum Gasteiger partial charge on any atom is -0.486 e. The number of piperidine rings is 1. The monoisotopic (exact) mass is 406 g/mol. The highest BCUT2D eigenvalue weighted by molar-refractivity contribution is 7.89. The second-order valence-electron chi connectivity index (χ2n) is 6.93. The zero-order valence-electron chi connectivity index (χ0n) is 15.5. The highest BCUT2D eigenvalue weighted by Crippen LogP contribution is 2.33. The maximum absolute atomic E-state index is 12.8. The van der Waals surface area contributed by atoms with Crippen LogP contribution in [0.3, 0.4) is 0 Å². The maximum Gasteiger partial charge on any atom is 0.262 e. The predicted octanol–water partition coefficient (Wildman–Crippen LogP) is 1.23. The summed E-state index contributed by atoms with van der Waals surface area (Å²) in [6, 6.07) is 5.22. The van der Waals surface area contributed by atoms with Crippen LogP contribution in [0.5, 0.6) is 11.5 Å². The van der Waals surface area contributed by atoms with Crippen molar-refractivity contribution < 1.29 is 22.7 Å². The highest BCUT2D eigenvalue weighted by atomic mass is 32.2. The van der Waals surface area contributed by atoms with Gasteiger partial charge in [-0.1, -0.05) is 0 Å². The van der Waals surface area contributed by atoms with Crippen molar-refractivity contribution in [1.29, 1.82) is 0 Å². The third-order valence-corrected chi connectivity index (χ3v) is 6.60. The van der Waals surface area contributed by atoms with E-state index in [2.05, 4.69) is 10.3 Å². The number of rotatable bonds is 4. The third-order valence-electron chi connectivity index (χ3n) is 4.85. The van der Waals surface area contributed by atoms with Crippen molar-refractivity contribution >= 4 is 21.6 Å². The molecule has 1 atom stereocenters. The molecule has 10 heteroatoms. The number of sulfonamides is 1. The summed E-state index contributed by atoms with van der Waals surface area (Å²) in [6.07, 6.45) is 4.16. The fourth-order valence-electron chi connectivity index (χ4n) is 3.39. The lowest BCUT2D eigenvalue weighted by molar-refractivity contribution is -0.120. The van der Waals surface area contributed by atoms with Crippen molar-refractivity contribution in [3.63, 3.8) is 0 Å². The molecule has 150 valence electrons. The smallest absolute Gasteiger partial charge is 0.262 e. The number of carbonyl (C=O) groups is 1. The Kier molecular flexibility index (Phi) is 4.98. The van der Waals surface area contributed by atoms with Crippen LogP contribution in [0.2, 0.25) is 0 Å². The average molecular weight is 406 g/mol. The lowest BCUT2D eigenvalue weighted by Gasteiger charge is -2.30. The number of imidazole rings is 1. The summed E-state index contributed by atoms with van der Waals surface area (Å²) in [5.74, 6) is 0.597. The molecule has 2 aliphatic heterocycles. The van der Waals surface area contributed by atoms with Crippen LogP contribution in [-0.4, -0.2) is 54.5 Å². The van der Waals surface area contributed by atoms with E-state index < -0.39 is 15.9 Å². The number of aryl methyl sites for hydroxylation is 1. The summed E-state index contributed by atoms with van der Waals surface area (Å²) in [5.41, 5.74) is 0.596. The molecule has 2 aromatic rings. The second-order valence-corrected chi connectivity index (χ2v) is 8.81. The van der Waals surface area contributed by atoms with Crippen LogP contribution in [0.4, 0.5) is 5.69 Å². The van der Waals surface area contributed by atoms with Gasteiger partial charge < -0.3 is 19.4 Å². The molecule has 1 aromatic heterocycles. The molecule has 2 aliphatic rings. The van der Waals surface area contributed by atoms with E-state index in [4.69, 9.17) is 9.47 Å². The van der Waals surface area contributed by atoms with Crippen LogP contribution in [0.25, 0.3) is 0 Å². The van der Waals surface area contributed by atoms with Gasteiger partial charge in [0.15, 0.2) is 16.5 Å². The van der Waals surface area contributed by atoms with Gasteiger partial charge in [0, 0.05) is 38.1 Å². The Bertz CT molecular complexity index is 988. The van der Waals surface area contributed by atoms with E-state index in [1.807, 2.05) is 0 Å². The highest BCUT2D eigenvalue weighted by Gasteiger charge is 2.34. The summed E-state index contributed by atoms with van der Waals surface area (Å²) in [5, 5.41) is 2.86. The number of nitrogens with zero attached hydrogens (tertiary/aromatic N) is 3. The maximum atomic E-state index is 12.8. The predicted molar refractivity (Wildman–Crippen MR) is 101 cm³/mol. The van der Waals surface area contributed by atoms with Gasteiger partial charge in [-0.3, -0.25) is 4.79 Å². The minimum atomic E-state index is -3.71. The Balaban J connectivity index is 1.45. The topological polar surface area (TPSA) is 103 Å². The van der Waals surface area contributed by atoms with Gasteiger partial charge in [-0.05, 0) is 25.0 Å². The molecule has 0 spiro atoms. The molecule has 1 N–H and O–H groups in total. The molecule has 0 bridgehead atoms. The van der Waals surface area contributed by atoms with Crippen molar-refractivity contribution in [3.05, 3.63) is 30.7 Å². The number of ether oxygens (including phenoxy) is 2. The number of nitrogens with one attached hydrogen (secondary N) is 1. The summed E-state index contributed by atoms with van der Waals surface area (Å²) in [7, 11) is -1.99. The SMILES string of the molecule is Cn1cnc(S(=O)(=O)N2CCCC(C(=O)Nc3ccc4c(c3)OCCO4)C2)c1. The number of hydrogen-bond acceptors (Lipinski definition) is 6. The van der Waals surface area contributed by atoms with Crippen molar-refractivity contribution in [2.75, 3.05) is 31.6 Å². The molecular weight excluding hydrogens is 384 g/mol. The first-order valence-corrected chi connectivity index (χ1v) is 10.6. The zero-order valence-corrected chi connectivity index (χ0v) is 16.3. The number of anilines is 1. The standard InChI is InChI=1S/C18H22N4O5S/c1-21-11-17(19-12-21)28(24,25)22-6-2-3-13(10-22)18(23)20-14-4-5-15-16(9-14)27-8-7-26-15/h4-5,9,11-13H,2-3,6-8,10H2,1H3,(H,20,23). The molecule has 0 radical (unpaired) electrons. The molecule has 9 nitrogen and oxygen atoms in total. The lowest BCUT2D eigenvalue weighted by Crippen LogP contribution is -2.43. The molecule has 0 aliphatic carbocycles. The third kappa shape index (κ3) is 3.69. The van der Waals surface area contributed by atoms with E-state index in [-0.39, 0.29) is 17.5 Å². The van der Waals surface area contributed by atoms with E-state index in [1.165, 1.54) is 16.8 Å². The number of fused-ring (bicyclic) bond motifs is 1. The van der Waals surface area contributed by atoms with Gasteiger partial charge in [0.1, 0.15) is 13.2 Å². The molecule has 1 unspecified atom stereocenters. The number of hydrogen-bond donors (Lipinski definition) is 1.